The van der Waals surface area contributed by atoms with Crippen LogP contribution in [0.3, 0.4) is 0 Å². The first-order valence-electron chi connectivity index (χ1n) is 6.65. The molecule has 0 aliphatic rings. The van der Waals surface area contributed by atoms with Gasteiger partial charge in [0.15, 0.2) is 0 Å². The Morgan fingerprint density at radius 2 is 2.40 bits per heavy atom. The van der Waals surface area contributed by atoms with Gasteiger partial charge in [-0.05, 0) is 26.0 Å². The number of aliphatic hydroxyl groups excluding tert-OH is 1. The molecule has 0 aliphatic carbocycles. The molecule has 2 aromatic heterocycles. The van der Waals surface area contributed by atoms with Crippen molar-refractivity contribution in [2.24, 2.45) is 0 Å². The van der Waals surface area contributed by atoms with Gasteiger partial charge in [-0.1, -0.05) is 0 Å². The molecular weight excluding hydrogens is 258 g/mol. The second-order valence-electron chi connectivity index (χ2n) is 4.73. The van der Waals surface area contributed by atoms with Gasteiger partial charge in [0.05, 0.1) is 18.0 Å². The van der Waals surface area contributed by atoms with Gasteiger partial charge in [-0.2, -0.15) is 5.10 Å². The third kappa shape index (κ3) is 3.48. The number of carbonyl (C=O) groups excluding carboxylic acids is 1. The number of carbonyl (C=O) groups is 1. The highest BCUT2D eigenvalue weighted by molar-refractivity contribution is 5.93. The van der Waals surface area contributed by atoms with Crippen molar-refractivity contribution in [3.63, 3.8) is 0 Å². The fourth-order valence-electron chi connectivity index (χ4n) is 1.95. The van der Waals surface area contributed by atoms with Crippen LogP contribution in [0.25, 0.3) is 0 Å². The number of aliphatic hydroxyl groups is 1. The summed E-state index contributed by atoms with van der Waals surface area (Å²) in [6, 6.07) is 3.26. The molecule has 20 heavy (non-hydrogen) atoms. The van der Waals surface area contributed by atoms with Crippen LogP contribution in [0.1, 0.15) is 42.5 Å². The summed E-state index contributed by atoms with van der Waals surface area (Å²) in [6.45, 7) is 4.52. The molecule has 2 heterocycles. The Morgan fingerprint density at radius 3 is 3.00 bits per heavy atom. The quantitative estimate of drug-likeness (QED) is 0.842. The second-order valence-corrected chi connectivity index (χ2v) is 4.73. The molecule has 2 unspecified atom stereocenters. The summed E-state index contributed by atoms with van der Waals surface area (Å²) in [4.78, 5) is 12.0. The molecule has 0 saturated heterocycles. The Labute approximate surface area is 117 Å². The van der Waals surface area contributed by atoms with Crippen LogP contribution < -0.4 is 5.32 Å². The number of aromatic nitrogens is 2. The topological polar surface area (TPSA) is 80.3 Å². The van der Waals surface area contributed by atoms with Crippen molar-refractivity contribution in [1.82, 2.24) is 15.1 Å². The lowest BCUT2D eigenvalue weighted by atomic mass is 10.1. The van der Waals surface area contributed by atoms with E-state index in [2.05, 4.69) is 10.4 Å². The van der Waals surface area contributed by atoms with E-state index in [1.807, 2.05) is 13.8 Å². The van der Waals surface area contributed by atoms with Crippen LogP contribution in [0.2, 0.25) is 0 Å². The minimum absolute atomic E-state index is 0.174. The van der Waals surface area contributed by atoms with Crippen molar-refractivity contribution >= 4 is 5.91 Å². The van der Waals surface area contributed by atoms with E-state index in [-0.39, 0.29) is 11.9 Å². The molecule has 0 spiro atoms. The fourth-order valence-corrected chi connectivity index (χ4v) is 1.95. The maximum absolute atomic E-state index is 12.0. The van der Waals surface area contributed by atoms with Gasteiger partial charge in [-0.15, -0.1) is 0 Å². The highest BCUT2D eigenvalue weighted by atomic mass is 16.4. The summed E-state index contributed by atoms with van der Waals surface area (Å²) in [6.07, 6.45) is 4.42. The van der Waals surface area contributed by atoms with E-state index >= 15 is 0 Å². The number of nitrogens with one attached hydrogen (secondary N) is 1. The van der Waals surface area contributed by atoms with Crippen molar-refractivity contribution in [1.29, 1.82) is 0 Å². The number of rotatable bonds is 6. The van der Waals surface area contributed by atoms with Gasteiger partial charge in [-0.3, -0.25) is 9.48 Å². The van der Waals surface area contributed by atoms with Crippen molar-refractivity contribution < 1.29 is 14.3 Å². The van der Waals surface area contributed by atoms with Gasteiger partial charge < -0.3 is 14.8 Å². The molecule has 6 heteroatoms. The summed E-state index contributed by atoms with van der Waals surface area (Å²) >= 11 is 0. The lowest BCUT2D eigenvalue weighted by molar-refractivity contribution is 0.0903. The Kier molecular flexibility index (Phi) is 4.57. The van der Waals surface area contributed by atoms with Crippen molar-refractivity contribution in [3.8, 4) is 0 Å². The Bertz CT molecular complexity index is 548. The molecule has 0 fully saturated rings. The van der Waals surface area contributed by atoms with E-state index in [0.717, 1.165) is 6.54 Å². The zero-order valence-electron chi connectivity index (χ0n) is 11.6. The Balaban J connectivity index is 1.87. The predicted octanol–water partition coefficient (Wildman–Crippen LogP) is 1.74. The summed E-state index contributed by atoms with van der Waals surface area (Å²) < 4.78 is 6.82. The van der Waals surface area contributed by atoms with Crippen LogP contribution >= 0.6 is 0 Å². The lowest BCUT2D eigenvalue weighted by Gasteiger charge is -2.16. The number of furan rings is 1. The van der Waals surface area contributed by atoms with Crippen molar-refractivity contribution in [2.45, 2.75) is 39.0 Å². The molecule has 2 N–H and O–H groups in total. The smallest absolute Gasteiger partial charge is 0.254 e. The van der Waals surface area contributed by atoms with Crippen LogP contribution in [-0.2, 0) is 6.54 Å². The molecule has 108 valence electrons. The summed E-state index contributed by atoms with van der Waals surface area (Å²) in [5.74, 6) is 0.314. The zero-order valence-corrected chi connectivity index (χ0v) is 11.6. The lowest BCUT2D eigenvalue weighted by Crippen LogP contribution is -2.33. The number of aryl methyl sites for hydroxylation is 1. The first kappa shape index (κ1) is 14.3. The summed E-state index contributed by atoms with van der Waals surface area (Å²) in [7, 11) is 0. The zero-order chi connectivity index (χ0) is 14.5. The standard InChI is InChI=1S/C14H19N3O3/c1-3-17-9-11(8-15-17)14(19)16-10(2)7-12(18)13-5-4-6-20-13/h4-6,8-10,12,18H,3,7H2,1-2H3,(H,16,19). The van der Waals surface area contributed by atoms with Gasteiger partial charge in [-0.25, -0.2) is 0 Å². The molecule has 6 nitrogen and oxygen atoms in total. The molecule has 2 atom stereocenters. The molecule has 0 saturated carbocycles. The van der Waals surface area contributed by atoms with Crippen LogP contribution in [0.4, 0.5) is 0 Å². The highest BCUT2D eigenvalue weighted by Gasteiger charge is 2.17. The van der Waals surface area contributed by atoms with Crippen molar-refractivity contribution in [3.05, 3.63) is 42.1 Å². The van der Waals surface area contributed by atoms with Gasteiger partial charge in [0.25, 0.3) is 5.91 Å². The fraction of sp³-hybridized carbons (Fsp3) is 0.429. The third-order valence-corrected chi connectivity index (χ3v) is 3.05. The first-order chi connectivity index (χ1) is 9.60. The molecule has 0 radical (unpaired) electrons. The first-order valence-corrected chi connectivity index (χ1v) is 6.65. The summed E-state index contributed by atoms with van der Waals surface area (Å²) in [5.41, 5.74) is 0.520. The van der Waals surface area contributed by atoms with Crippen LogP contribution in [0.15, 0.2) is 35.2 Å². The van der Waals surface area contributed by atoms with E-state index in [0.29, 0.717) is 17.7 Å². The van der Waals surface area contributed by atoms with Crippen LogP contribution in [0, 0.1) is 0 Å². The van der Waals surface area contributed by atoms with Gasteiger partial charge in [0.2, 0.25) is 0 Å². The minimum Gasteiger partial charge on any atom is -0.467 e. The number of amides is 1. The second kappa shape index (κ2) is 6.38. The normalized spacial score (nSPS) is 13.9. The average molecular weight is 277 g/mol. The van der Waals surface area contributed by atoms with E-state index in [1.165, 1.54) is 12.5 Å². The minimum atomic E-state index is -0.723. The Morgan fingerprint density at radius 1 is 1.60 bits per heavy atom. The van der Waals surface area contributed by atoms with Crippen LogP contribution in [0.5, 0.6) is 0 Å². The third-order valence-electron chi connectivity index (χ3n) is 3.05. The average Bonchev–Trinajstić information content (AvgIpc) is 3.09. The number of hydrogen-bond acceptors (Lipinski definition) is 4. The Hall–Kier alpha value is -2.08. The van der Waals surface area contributed by atoms with Gasteiger partial charge >= 0.3 is 0 Å². The molecule has 0 bridgehead atoms. The molecule has 0 aliphatic heterocycles. The largest absolute Gasteiger partial charge is 0.467 e. The molecule has 0 aromatic carbocycles. The molecule has 2 aromatic rings. The SMILES string of the molecule is CCn1cc(C(=O)NC(C)CC(O)c2ccco2)cn1. The van der Waals surface area contributed by atoms with E-state index < -0.39 is 6.10 Å². The van der Waals surface area contributed by atoms with E-state index in [4.69, 9.17) is 4.42 Å². The number of hydrogen-bond donors (Lipinski definition) is 2. The van der Waals surface area contributed by atoms with Gasteiger partial charge in [0.1, 0.15) is 11.9 Å². The van der Waals surface area contributed by atoms with Crippen molar-refractivity contribution in [2.75, 3.05) is 0 Å². The van der Waals surface area contributed by atoms with Gasteiger partial charge in [0, 0.05) is 25.2 Å². The predicted molar refractivity (Wildman–Crippen MR) is 73.1 cm³/mol. The maximum Gasteiger partial charge on any atom is 0.254 e. The molecular formula is C14H19N3O3. The van der Waals surface area contributed by atoms with E-state index in [1.54, 1.807) is 23.0 Å². The molecule has 2 rings (SSSR count). The molecule has 1 amide bonds. The highest BCUT2D eigenvalue weighted by Crippen LogP contribution is 2.18. The monoisotopic (exact) mass is 277 g/mol. The summed E-state index contributed by atoms with van der Waals surface area (Å²) in [5, 5.41) is 16.8. The number of nitrogens with zero attached hydrogens (tertiary/aromatic N) is 2. The van der Waals surface area contributed by atoms with E-state index in [9.17, 15) is 9.90 Å². The van der Waals surface area contributed by atoms with Crippen LogP contribution in [-0.4, -0.2) is 26.8 Å². The maximum atomic E-state index is 12.0.